The second-order valence-corrected chi connectivity index (χ2v) is 7.36. The van der Waals surface area contributed by atoms with E-state index in [0.717, 1.165) is 17.7 Å². The maximum absolute atomic E-state index is 12.3. The molecule has 0 spiro atoms. The molecule has 0 bridgehead atoms. The molecule has 0 aromatic heterocycles. The molecule has 1 fully saturated rings. The molecule has 0 aliphatic heterocycles. The zero-order valence-corrected chi connectivity index (χ0v) is 13.8. The summed E-state index contributed by atoms with van der Waals surface area (Å²) in [5.41, 5.74) is 3.33. The summed E-state index contributed by atoms with van der Waals surface area (Å²) < 4.78 is 0. The van der Waals surface area contributed by atoms with E-state index in [1.807, 2.05) is 24.3 Å². The van der Waals surface area contributed by atoms with Crippen LogP contribution in [0.4, 0.5) is 5.69 Å². The number of rotatable bonds is 3. The van der Waals surface area contributed by atoms with Crippen LogP contribution in [0, 0.1) is 5.92 Å². The van der Waals surface area contributed by atoms with Crippen LogP contribution >= 0.6 is 0 Å². The predicted octanol–water partition coefficient (Wildman–Crippen LogP) is 4.43. The number of carbonyl (C=O) groups is 1. The van der Waals surface area contributed by atoms with Gasteiger partial charge in [0.15, 0.2) is 0 Å². The van der Waals surface area contributed by atoms with Crippen molar-refractivity contribution in [1.82, 2.24) is 0 Å². The Balaban J connectivity index is 1.61. The number of carbonyl (C=O) groups excluding carboxylic acids is 1. The number of hydrogen-bond donors (Lipinski definition) is 2. The molecule has 3 heteroatoms. The number of phenols is 1. The van der Waals surface area contributed by atoms with E-state index < -0.39 is 0 Å². The van der Waals surface area contributed by atoms with E-state index in [-0.39, 0.29) is 28.9 Å². The minimum absolute atomic E-state index is 0.0295. The third-order valence-corrected chi connectivity index (χ3v) is 4.47. The zero-order valence-electron chi connectivity index (χ0n) is 13.8. The van der Waals surface area contributed by atoms with Crippen molar-refractivity contribution in [3.63, 3.8) is 0 Å². The highest BCUT2D eigenvalue weighted by atomic mass is 16.3. The van der Waals surface area contributed by atoms with Gasteiger partial charge in [-0.15, -0.1) is 0 Å². The fourth-order valence-corrected chi connectivity index (χ4v) is 2.86. The molecule has 1 aliphatic rings. The highest BCUT2D eigenvalue weighted by Gasteiger charge is 2.43. The number of benzene rings is 2. The lowest BCUT2D eigenvalue weighted by Crippen LogP contribution is -2.15. The normalized spacial score (nSPS) is 20.1. The molecule has 2 aromatic rings. The summed E-state index contributed by atoms with van der Waals surface area (Å²) in [4.78, 5) is 12.3. The largest absolute Gasteiger partial charge is 0.508 e. The lowest BCUT2D eigenvalue weighted by Gasteiger charge is -2.19. The summed E-state index contributed by atoms with van der Waals surface area (Å²) >= 11 is 0. The zero-order chi connectivity index (χ0) is 16.6. The Morgan fingerprint density at radius 1 is 1.04 bits per heavy atom. The second-order valence-electron chi connectivity index (χ2n) is 7.36. The second kappa shape index (κ2) is 5.73. The monoisotopic (exact) mass is 309 g/mol. The first-order valence-electron chi connectivity index (χ1n) is 8.05. The molecule has 0 heterocycles. The quantitative estimate of drug-likeness (QED) is 0.881. The first-order valence-corrected chi connectivity index (χ1v) is 8.05. The van der Waals surface area contributed by atoms with Crippen LogP contribution < -0.4 is 5.32 Å². The summed E-state index contributed by atoms with van der Waals surface area (Å²) in [6, 6.07) is 15.2. The van der Waals surface area contributed by atoms with Crippen LogP contribution in [0.25, 0.3) is 0 Å². The smallest absolute Gasteiger partial charge is 0.228 e. The van der Waals surface area contributed by atoms with E-state index >= 15 is 0 Å². The molecule has 2 unspecified atom stereocenters. The number of amides is 1. The molecule has 0 saturated heterocycles. The van der Waals surface area contributed by atoms with Gasteiger partial charge in [-0.3, -0.25) is 4.79 Å². The summed E-state index contributed by atoms with van der Waals surface area (Å²) in [5.74, 6) is 0.632. The van der Waals surface area contributed by atoms with Crippen molar-refractivity contribution in [2.75, 3.05) is 5.32 Å². The van der Waals surface area contributed by atoms with Crippen molar-refractivity contribution in [2.24, 2.45) is 5.92 Å². The first kappa shape index (κ1) is 15.6. The molecule has 2 atom stereocenters. The van der Waals surface area contributed by atoms with Crippen LogP contribution in [0.1, 0.15) is 44.2 Å². The molecular formula is C20H23NO2. The molecular weight excluding hydrogens is 286 g/mol. The minimum atomic E-state index is 0.0295. The van der Waals surface area contributed by atoms with Gasteiger partial charge in [0.05, 0.1) is 0 Å². The van der Waals surface area contributed by atoms with Gasteiger partial charge in [-0.05, 0) is 53.1 Å². The van der Waals surface area contributed by atoms with Crippen LogP contribution in [-0.2, 0) is 10.2 Å². The maximum Gasteiger partial charge on any atom is 0.228 e. The average molecular weight is 309 g/mol. The topological polar surface area (TPSA) is 49.3 Å². The molecule has 0 radical (unpaired) electrons. The van der Waals surface area contributed by atoms with Crippen molar-refractivity contribution < 1.29 is 9.90 Å². The van der Waals surface area contributed by atoms with Gasteiger partial charge in [-0.25, -0.2) is 0 Å². The summed E-state index contributed by atoms with van der Waals surface area (Å²) in [7, 11) is 0. The van der Waals surface area contributed by atoms with Gasteiger partial charge in [-0.1, -0.05) is 45.0 Å². The van der Waals surface area contributed by atoms with E-state index in [2.05, 4.69) is 38.2 Å². The SMILES string of the molecule is CC(C)(C)c1ccc(NC(=O)C2CC2c2ccc(O)cc2)cc1. The third kappa shape index (κ3) is 3.55. The van der Waals surface area contributed by atoms with Gasteiger partial charge in [-0.2, -0.15) is 0 Å². The Morgan fingerprint density at radius 2 is 1.65 bits per heavy atom. The molecule has 1 saturated carbocycles. The predicted molar refractivity (Wildman–Crippen MR) is 92.7 cm³/mol. The third-order valence-electron chi connectivity index (χ3n) is 4.47. The van der Waals surface area contributed by atoms with Crippen molar-refractivity contribution in [3.8, 4) is 5.75 Å². The fraction of sp³-hybridized carbons (Fsp3) is 0.350. The average Bonchev–Trinajstić information content (AvgIpc) is 3.28. The van der Waals surface area contributed by atoms with Crippen LogP contribution in [0.3, 0.4) is 0 Å². The van der Waals surface area contributed by atoms with Crippen molar-refractivity contribution in [2.45, 2.75) is 38.5 Å². The Kier molecular flexibility index (Phi) is 3.88. The van der Waals surface area contributed by atoms with Gasteiger partial charge in [0.2, 0.25) is 5.91 Å². The van der Waals surface area contributed by atoms with Crippen molar-refractivity contribution >= 4 is 11.6 Å². The van der Waals surface area contributed by atoms with Crippen LogP contribution in [0.2, 0.25) is 0 Å². The summed E-state index contributed by atoms with van der Waals surface area (Å²) in [6.45, 7) is 6.52. The van der Waals surface area contributed by atoms with Gasteiger partial charge in [0.25, 0.3) is 0 Å². The van der Waals surface area contributed by atoms with E-state index in [1.54, 1.807) is 12.1 Å². The molecule has 3 rings (SSSR count). The van der Waals surface area contributed by atoms with E-state index in [0.29, 0.717) is 0 Å². The number of anilines is 1. The molecule has 23 heavy (non-hydrogen) atoms. The van der Waals surface area contributed by atoms with Gasteiger partial charge >= 0.3 is 0 Å². The first-order chi connectivity index (χ1) is 10.8. The van der Waals surface area contributed by atoms with Crippen LogP contribution in [-0.4, -0.2) is 11.0 Å². The Bertz CT molecular complexity index is 696. The number of phenolic OH excluding ortho intramolecular Hbond substituents is 1. The van der Waals surface area contributed by atoms with Crippen LogP contribution in [0.15, 0.2) is 48.5 Å². The van der Waals surface area contributed by atoms with Crippen molar-refractivity contribution in [3.05, 3.63) is 59.7 Å². The number of hydrogen-bond acceptors (Lipinski definition) is 2. The molecule has 1 aliphatic carbocycles. The maximum atomic E-state index is 12.3. The standard InChI is InChI=1S/C20H23NO2/c1-20(2,3)14-6-8-15(9-7-14)21-19(23)18-12-17(18)13-4-10-16(22)11-5-13/h4-11,17-18,22H,12H2,1-3H3,(H,21,23). The summed E-state index contributed by atoms with van der Waals surface area (Å²) in [6.07, 6.45) is 0.872. The molecule has 2 N–H and O–H groups in total. The van der Waals surface area contributed by atoms with Gasteiger partial charge in [0, 0.05) is 11.6 Å². The Morgan fingerprint density at radius 3 is 2.22 bits per heavy atom. The van der Waals surface area contributed by atoms with E-state index in [1.165, 1.54) is 5.56 Å². The van der Waals surface area contributed by atoms with Crippen molar-refractivity contribution in [1.29, 1.82) is 0 Å². The highest BCUT2D eigenvalue weighted by Crippen LogP contribution is 2.48. The Hall–Kier alpha value is -2.29. The molecule has 1 amide bonds. The minimum Gasteiger partial charge on any atom is -0.508 e. The Labute approximate surface area is 137 Å². The molecule has 2 aromatic carbocycles. The lowest BCUT2D eigenvalue weighted by molar-refractivity contribution is -0.117. The molecule has 3 nitrogen and oxygen atoms in total. The van der Waals surface area contributed by atoms with Crippen LogP contribution in [0.5, 0.6) is 5.75 Å². The van der Waals surface area contributed by atoms with Gasteiger partial charge in [0.1, 0.15) is 5.75 Å². The summed E-state index contributed by atoms with van der Waals surface area (Å²) in [5, 5.41) is 12.3. The number of aromatic hydroxyl groups is 1. The lowest BCUT2D eigenvalue weighted by atomic mass is 9.87. The van der Waals surface area contributed by atoms with E-state index in [9.17, 15) is 9.90 Å². The highest BCUT2D eigenvalue weighted by molar-refractivity contribution is 5.95. The number of nitrogens with one attached hydrogen (secondary N) is 1. The van der Waals surface area contributed by atoms with E-state index in [4.69, 9.17) is 0 Å². The fourth-order valence-electron chi connectivity index (χ4n) is 2.86. The molecule has 120 valence electrons. The van der Waals surface area contributed by atoms with Gasteiger partial charge < -0.3 is 10.4 Å².